The molecule has 0 aliphatic heterocycles. The van der Waals surface area contributed by atoms with E-state index in [1.165, 1.54) is 11.6 Å². The third-order valence-electron chi connectivity index (χ3n) is 2.82. The van der Waals surface area contributed by atoms with Gasteiger partial charge in [0.1, 0.15) is 16.5 Å². The van der Waals surface area contributed by atoms with Gasteiger partial charge in [-0.3, -0.25) is 0 Å². The summed E-state index contributed by atoms with van der Waals surface area (Å²) in [5.74, 6) is 0.0885. The molecule has 0 fully saturated rings. The van der Waals surface area contributed by atoms with E-state index >= 15 is 0 Å². The molecule has 19 heavy (non-hydrogen) atoms. The topological polar surface area (TPSA) is 53.4 Å². The molecule has 2 heterocycles. The first-order valence-electron chi connectivity index (χ1n) is 5.67. The number of rotatable bonds is 2. The molecule has 0 aliphatic carbocycles. The molecule has 0 aliphatic rings. The van der Waals surface area contributed by atoms with Crippen LogP contribution in [0, 0.1) is 6.92 Å². The van der Waals surface area contributed by atoms with Gasteiger partial charge in [-0.15, -0.1) is 22.7 Å². The van der Waals surface area contributed by atoms with Crippen molar-refractivity contribution in [3.05, 3.63) is 40.6 Å². The van der Waals surface area contributed by atoms with Crippen LogP contribution in [-0.2, 0) is 0 Å². The summed E-state index contributed by atoms with van der Waals surface area (Å²) in [7, 11) is 0. The largest absolute Gasteiger partial charge is 0.508 e. The van der Waals surface area contributed by atoms with Crippen LogP contribution in [0.3, 0.4) is 0 Å². The fourth-order valence-corrected chi connectivity index (χ4v) is 3.75. The summed E-state index contributed by atoms with van der Waals surface area (Å²) in [6, 6.07) is 6.61. The number of thiophene rings is 1. The fraction of sp³-hybridized carbons (Fsp3) is 0.0714. The van der Waals surface area contributed by atoms with Gasteiger partial charge in [0, 0.05) is 17.0 Å². The van der Waals surface area contributed by atoms with E-state index in [-0.39, 0.29) is 11.5 Å². The molecular weight excluding hydrogens is 278 g/mol. The van der Waals surface area contributed by atoms with Crippen LogP contribution in [0.25, 0.3) is 21.1 Å². The van der Waals surface area contributed by atoms with Crippen molar-refractivity contribution >= 4 is 22.7 Å². The van der Waals surface area contributed by atoms with E-state index < -0.39 is 0 Å². The van der Waals surface area contributed by atoms with Crippen LogP contribution in [0.5, 0.6) is 11.5 Å². The van der Waals surface area contributed by atoms with Crippen LogP contribution in [0.4, 0.5) is 0 Å². The minimum absolute atomic E-state index is 0.0414. The van der Waals surface area contributed by atoms with E-state index in [0.717, 1.165) is 15.6 Å². The molecule has 0 bridgehead atoms. The van der Waals surface area contributed by atoms with Gasteiger partial charge < -0.3 is 10.2 Å². The Morgan fingerprint density at radius 3 is 2.63 bits per heavy atom. The van der Waals surface area contributed by atoms with Gasteiger partial charge in [-0.05, 0) is 36.1 Å². The molecule has 5 heteroatoms. The quantitative estimate of drug-likeness (QED) is 0.741. The molecule has 2 N–H and O–H groups in total. The van der Waals surface area contributed by atoms with Gasteiger partial charge >= 0.3 is 0 Å². The average Bonchev–Trinajstić information content (AvgIpc) is 2.97. The Kier molecular flexibility index (Phi) is 3.00. The third-order valence-corrected chi connectivity index (χ3v) is 4.83. The average molecular weight is 289 g/mol. The molecule has 3 nitrogen and oxygen atoms in total. The normalized spacial score (nSPS) is 10.8. The van der Waals surface area contributed by atoms with Crippen LogP contribution in [0.15, 0.2) is 35.0 Å². The fourth-order valence-electron chi connectivity index (χ4n) is 1.83. The Labute approximate surface area is 118 Å². The maximum atomic E-state index is 9.85. The molecule has 96 valence electrons. The van der Waals surface area contributed by atoms with Crippen LogP contribution in [0.2, 0.25) is 0 Å². The minimum atomic E-state index is 0.0414. The van der Waals surface area contributed by atoms with Gasteiger partial charge in [-0.1, -0.05) is 0 Å². The molecule has 0 saturated carbocycles. The number of aryl methyl sites for hydroxylation is 1. The molecule has 0 atom stereocenters. The maximum absolute atomic E-state index is 9.85. The zero-order valence-corrected chi connectivity index (χ0v) is 11.8. The Balaban J connectivity index is 2.04. The maximum Gasteiger partial charge on any atom is 0.134 e. The second kappa shape index (κ2) is 4.68. The highest BCUT2D eigenvalue weighted by atomic mass is 32.1. The van der Waals surface area contributed by atoms with Gasteiger partial charge in [0.05, 0.1) is 10.6 Å². The van der Waals surface area contributed by atoms with Crippen molar-refractivity contribution in [1.82, 2.24) is 4.98 Å². The Morgan fingerprint density at radius 1 is 1.11 bits per heavy atom. The number of thiazole rings is 1. The third kappa shape index (κ3) is 2.22. The molecule has 1 aromatic carbocycles. The number of aromatic nitrogens is 1. The molecule has 3 aromatic rings. The summed E-state index contributed by atoms with van der Waals surface area (Å²) < 4.78 is 0. The molecule has 0 radical (unpaired) electrons. The highest BCUT2D eigenvalue weighted by Crippen LogP contribution is 2.37. The summed E-state index contributed by atoms with van der Waals surface area (Å²) >= 11 is 3.22. The van der Waals surface area contributed by atoms with Crippen molar-refractivity contribution in [1.29, 1.82) is 0 Å². The zero-order chi connectivity index (χ0) is 13.4. The van der Waals surface area contributed by atoms with Crippen LogP contribution < -0.4 is 0 Å². The molecule has 0 saturated heterocycles. The van der Waals surface area contributed by atoms with Crippen molar-refractivity contribution < 1.29 is 10.2 Å². The smallest absolute Gasteiger partial charge is 0.134 e. The van der Waals surface area contributed by atoms with Gasteiger partial charge in [-0.2, -0.15) is 0 Å². The lowest BCUT2D eigenvalue weighted by molar-refractivity contribution is 0.452. The van der Waals surface area contributed by atoms with Crippen LogP contribution in [-0.4, -0.2) is 15.2 Å². The first-order chi connectivity index (χ1) is 9.15. The van der Waals surface area contributed by atoms with E-state index in [2.05, 4.69) is 18.0 Å². The molecule has 2 aromatic heterocycles. The van der Waals surface area contributed by atoms with Gasteiger partial charge in [0.15, 0.2) is 0 Å². The lowest BCUT2D eigenvalue weighted by atomic mass is 10.1. The SMILES string of the molecule is Cc1ccsc1-c1nc(-c2ccc(O)cc2O)cs1. The lowest BCUT2D eigenvalue weighted by Crippen LogP contribution is -1.80. The standard InChI is InChI=1S/C14H11NO2S2/c1-8-4-5-18-13(8)14-15-11(7-19-14)10-3-2-9(16)6-12(10)17/h2-7,16-17H,1H3. The van der Waals surface area contributed by atoms with Gasteiger partial charge in [0.25, 0.3) is 0 Å². The second-order valence-electron chi connectivity index (χ2n) is 4.17. The number of hydrogen-bond donors (Lipinski definition) is 2. The summed E-state index contributed by atoms with van der Waals surface area (Å²) in [4.78, 5) is 5.72. The molecule has 3 rings (SSSR count). The van der Waals surface area contributed by atoms with Gasteiger partial charge in [-0.25, -0.2) is 4.98 Å². The first kappa shape index (κ1) is 12.2. The van der Waals surface area contributed by atoms with Crippen molar-refractivity contribution in [2.24, 2.45) is 0 Å². The number of aromatic hydroxyl groups is 2. The number of hydrogen-bond acceptors (Lipinski definition) is 5. The molecule has 0 spiro atoms. The number of phenolic OH excluding ortho intramolecular Hbond substituents is 2. The summed E-state index contributed by atoms with van der Waals surface area (Å²) in [5.41, 5.74) is 2.57. The van der Waals surface area contributed by atoms with Crippen molar-refractivity contribution in [3.63, 3.8) is 0 Å². The zero-order valence-electron chi connectivity index (χ0n) is 10.1. The van der Waals surface area contributed by atoms with Crippen molar-refractivity contribution in [3.8, 4) is 32.6 Å². The van der Waals surface area contributed by atoms with Crippen molar-refractivity contribution in [2.75, 3.05) is 0 Å². The number of nitrogens with zero attached hydrogens (tertiary/aromatic N) is 1. The second-order valence-corrected chi connectivity index (χ2v) is 5.95. The minimum Gasteiger partial charge on any atom is -0.508 e. The Hall–Kier alpha value is -1.85. The highest BCUT2D eigenvalue weighted by molar-refractivity contribution is 7.20. The predicted molar refractivity (Wildman–Crippen MR) is 78.9 cm³/mol. The first-order valence-corrected chi connectivity index (χ1v) is 7.43. The summed E-state index contributed by atoms with van der Waals surface area (Å²) in [6.45, 7) is 2.06. The number of phenols is 2. The molecular formula is C14H11NO2S2. The summed E-state index contributed by atoms with van der Waals surface area (Å²) in [6.07, 6.45) is 0. The predicted octanol–water partition coefficient (Wildman–Crippen LogP) is 4.26. The van der Waals surface area contributed by atoms with E-state index in [4.69, 9.17) is 0 Å². The Morgan fingerprint density at radius 2 is 1.95 bits per heavy atom. The van der Waals surface area contributed by atoms with E-state index in [9.17, 15) is 10.2 Å². The molecule has 0 unspecified atom stereocenters. The number of benzene rings is 1. The van der Waals surface area contributed by atoms with Crippen LogP contribution in [0.1, 0.15) is 5.56 Å². The van der Waals surface area contributed by atoms with Crippen molar-refractivity contribution in [2.45, 2.75) is 6.92 Å². The highest BCUT2D eigenvalue weighted by Gasteiger charge is 2.12. The van der Waals surface area contributed by atoms with E-state index in [0.29, 0.717) is 5.56 Å². The van der Waals surface area contributed by atoms with E-state index in [1.54, 1.807) is 34.8 Å². The lowest BCUT2D eigenvalue weighted by Gasteiger charge is -2.01. The summed E-state index contributed by atoms with van der Waals surface area (Å²) in [5, 5.41) is 24.1. The Bertz CT molecular complexity index is 731. The van der Waals surface area contributed by atoms with Gasteiger partial charge in [0.2, 0.25) is 0 Å². The molecule has 0 amide bonds. The monoisotopic (exact) mass is 289 g/mol. The van der Waals surface area contributed by atoms with E-state index in [1.807, 2.05) is 10.8 Å². The van der Waals surface area contributed by atoms with Crippen LogP contribution >= 0.6 is 22.7 Å².